The number of hydrogen-bond donors (Lipinski definition) is 2. The van der Waals surface area contributed by atoms with Crippen LogP contribution in [0.1, 0.15) is 32.1 Å². The quantitative estimate of drug-likeness (QED) is 0.850. The number of oxazole rings is 1. The van der Waals surface area contributed by atoms with Crippen LogP contribution in [-0.2, 0) is 4.79 Å². The lowest BCUT2D eigenvalue weighted by atomic mass is 10.1. The van der Waals surface area contributed by atoms with E-state index in [4.69, 9.17) is 10.2 Å². The van der Waals surface area contributed by atoms with Crippen molar-refractivity contribution in [3.05, 3.63) is 36.2 Å². The van der Waals surface area contributed by atoms with Crippen LogP contribution in [0.5, 0.6) is 0 Å². The Morgan fingerprint density at radius 1 is 1.43 bits per heavy atom. The van der Waals surface area contributed by atoms with E-state index < -0.39 is 0 Å². The number of benzene rings is 1. The Morgan fingerprint density at radius 2 is 2.24 bits per heavy atom. The van der Waals surface area contributed by atoms with E-state index in [-0.39, 0.29) is 23.8 Å². The Bertz CT molecular complexity index is 703. The van der Waals surface area contributed by atoms with Gasteiger partial charge in [-0.05, 0) is 24.6 Å². The van der Waals surface area contributed by atoms with Gasteiger partial charge in [0.15, 0.2) is 11.5 Å². The van der Waals surface area contributed by atoms with E-state index in [1.165, 1.54) is 0 Å². The molecule has 2 aromatic rings. The number of amides is 1. The predicted octanol–water partition coefficient (Wildman–Crippen LogP) is 2.79. The van der Waals surface area contributed by atoms with Crippen LogP contribution in [0.15, 0.2) is 34.8 Å². The van der Waals surface area contributed by atoms with Crippen LogP contribution in [-0.4, -0.2) is 16.9 Å². The van der Waals surface area contributed by atoms with Gasteiger partial charge >= 0.3 is 0 Å². The van der Waals surface area contributed by atoms with Gasteiger partial charge in [0, 0.05) is 17.6 Å². The fourth-order valence-corrected chi connectivity index (χ4v) is 2.43. The lowest BCUT2D eigenvalue weighted by Gasteiger charge is -2.10. The van der Waals surface area contributed by atoms with Crippen molar-refractivity contribution in [2.75, 3.05) is 5.32 Å². The van der Waals surface area contributed by atoms with Crippen LogP contribution >= 0.6 is 0 Å². The summed E-state index contributed by atoms with van der Waals surface area (Å²) in [7, 11) is 0. The molecule has 0 bridgehead atoms. The minimum Gasteiger partial charge on any atom is -0.440 e. The molecule has 0 saturated heterocycles. The number of carbonyl (C=O) groups excluding carboxylic acids is 1. The largest absolute Gasteiger partial charge is 0.440 e. The molecule has 5 nitrogen and oxygen atoms in total. The summed E-state index contributed by atoms with van der Waals surface area (Å²) >= 11 is 0. The molecule has 0 aliphatic heterocycles. The van der Waals surface area contributed by atoms with Crippen LogP contribution < -0.4 is 11.1 Å². The van der Waals surface area contributed by atoms with Crippen molar-refractivity contribution >= 4 is 22.7 Å². The molecular weight excluding hydrogens is 266 g/mol. The summed E-state index contributed by atoms with van der Waals surface area (Å²) in [4.78, 5) is 16.6. The molecule has 1 aromatic heterocycles. The third kappa shape index (κ3) is 2.83. The molecule has 110 valence electrons. The summed E-state index contributed by atoms with van der Waals surface area (Å²) in [5.41, 5.74) is 7.99. The maximum atomic E-state index is 12.1. The molecule has 2 unspecified atom stereocenters. The van der Waals surface area contributed by atoms with Crippen molar-refractivity contribution in [3.8, 4) is 0 Å². The van der Waals surface area contributed by atoms with Gasteiger partial charge in [-0.25, -0.2) is 4.98 Å². The molecule has 3 rings (SSSR count). The van der Waals surface area contributed by atoms with E-state index in [1.807, 2.05) is 44.2 Å². The second-order valence-corrected chi connectivity index (χ2v) is 5.77. The summed E-state index contributed by atoms with van der Waals surface area (Å²) in [6, 6.07) is 5.47. The third-order valence-corrected chi connectivity index (χ3v) is 3.62. The summed E-state index contributed by atoms with van der Waals surface area (Å²) in [6.45, 7) is 4.06. The van der Waals surface area contributed by atoms with Crippen molar-refractivity contribution in [1.82, 2.24) is 4.98 Å². The number of aromatic nitrogens is 1. The normalized spacial score (nSPS) is 21.3. The van der Waals surface area contributed by atoms with Crippen LogP contribution in [0.2, 0.25) is 0 Å². The maximum absolute atomic E-state index is 12.1. The second-order valence-electron chi connectivity index (χ2n) is 5.77. The number of fused-ring (bicyclic) bond motifs is 1. The SMILES string of the molecule is CC(C)c1nc2cc(NC(=O)C3C=CC(N)C3)ccc2o1. The molecular formula is C16H19N3O2. The highest BCUT2D eigenvalue weighted by Crippen LogP contribution is 2.25. The lowest BCUT2D eigenvalue weighted by Crippen LogP contribution is -2.23. The topological polar surface area (TPSA) is 81.2 Å². The number of anilines is 1. The maximum Gasteiger partial charge on any atom is 0.231 e. The van der Waals surface area contributed by atoms with Crippen molar-refractivity contribution in [3.63, 3.8) is 0 Å². The Hall–Kier alpha value is -2.14. The zero-order valence-corrected chi connectivity index (χ0v) is 12.2. The Kier molecular flexibility index (Phi) is 3.51. The highest BCUT2D eigenvalue weighted by atomic mass is 16.3. The van der Waals surface area contributed by atoms with Crippen LogP contribution in [0.3, 0.4) is 0 Å². The molecule has 1 heterocycles. The van der Waals surface area contributed by atoms with E-state index in [0.29, 0.717) is 12.3 Å². The summed E-state index contributed by atoms with van der Waals surface area (Å²) in [5, 5.41) is 2.91. The average Bonchev–Trinajstić information content (AvgIpc) is 3.04. The molecule has 0 saturated carbocycles. The first-order valence-electron chi connectivity index (χ1n) is 7.18. The average molecular weight is 285 g/mol. The van der Waals surface area contributed by atoms with E-state index in [0.717, 1.165) is 16.8 Å². The van der Waals surface area contributed by atoms with Crippen molar-refractivity contribution in [2.45, 2.75) is 32.2 Å². The molecule has 0 radical (unpaired) electrons. The van der Waals surface area contributed by atoms with E-state index in [9.17, 15) is 4.79 Å². The zero-order chi connectivity index (χ0) is 15.0. The second kappa shape index (κ2) is 5.33. The zero-order valence-electron chi connectivity index (χ0n) is 12.2. The van der Waals surface area contributed by atoms with Gasteiger partial charge in [0.1, 0.15) is 5.52 Å². The number of nitrogens with one attached hydrogen (secondary N) is 1. The van der Waals surface area contributed by atoms with Crippen LogP contribution in [0.25, 0.3) is 11.1 Å². The Labute approximate surface area is 123 Å². The molecule has 0 spiro atoms. The summed E-state index contributed by atoms with van der Waals surface area (Å²) in [5.74, 6) is 0.754. The molecule has 1 aliphatic rings. The molecule has 1 aliphatic carbocycles. The summed E-state index contributed by atoms with van der Waals surface area (Å²) in [6.07, 6.45) is 4.40. The molecule has 5 heteroatoms. The first-order valence-corrected chi connectivity index (χ1v) is 7.18. The van der Waals surface area contributed by atoms with Gasteiger partial charge in [-0.1, -0.05) is 26.0 Å². The minimum absolute atomic E-state index is 0.0210. The number of nitrogens with two attached hydrogens (primary N) is 1. The van der Waals surface area contributed by atoms with E-state index in [2.05, 4.69) is 10.3 Å². The standard InChI is InChI=1S/C16H19N3O2/c1-9(2)16-19-13-8-12(5-6-14(13)21-16)18-15(20)10-3-4-11(17)7-10/h3-6,8-11H,7,17H2,1-2H3,(H,18,20). The van der Waals surface area contributed by atoms with Crippen molar-refractivity contribution in [2.24, 2.45) is 11.7 Å². The van der Waals surface area contributed by atoms with Gasteiger partial charge in [0.25, 0.3) is 0 Å². The number of rotatable bonds is 3. The molecule has 1 aromatic carbocycles. The molecule has 0 fully saturated rings. The Balaban J connectivity index is 1.78. The molecule has 21 heavy (non-hydrogen) atoms. The van der Waals surface area contributed by atoms with Gasteiger partial charge in [-0.2, -0.15) is 0 Å². The highest BCUT2D eigenvalue weighted by molar-refractivity contribution is 5.95. The number of hydrogen-bond acceptors (Lipinski definition) is 4. The minimum atomic E-state index is -0.153. The fourth-order valence-electron chi connectivity index (χ4n) is 2.43. The van der Waals surface area contributed by atoms with Gasteiger partial charge in [0.2, 0.25) is 5.91 Å². The lowest BCUT2D eigenvalue weighted by molar-refractivity contribution is -0.118. The van der Waals surface area contributed by atoms with Crippen LogP contribution in [0, 0.1) is 5.92 Å². The van der Waals surface area contributed by atoms with Gasteiger partial charge < -0.3 is 15.5 Å². The fraction of sp³-hybridized carbons (Fsp3) is 0.375. The molecule has 2 atom stereocenters. The molecule has 3 N–H and O–H groups in total. The first kappa shape index (κ1) is 13.8. The monoisotopic (exact) mass is 285 g/mol. The predicted molar refractivity (Wildman–Crippen MR) is 82.0 cm³/mol. The smallest absolute Gasteiger partial charge is 0.231 e. The Morgan fingerprint density at radius 3 is 2.90 bits per heavy atom. The first-order chi connectivity index (χ1) is 10.0. The van der Waals surface area contributed by atoms with E-state index in [1.54, 1.807) is 0 Å². The van der Waals surface area contributed by atoms with Crippen molar-refractivity contribution < 1.29 is 9.21 Å². The number of carbonyl (C=O) groups is 1. The van der Waals surface area contributed by atoms with Crippen molar-refractivity contribution in [1.29, 1.82) is 0 Å². The van der Waals surface area contributed by atoms with Gasteiger partial charge in [-0.15, -0.1) is 0 Å². The van der Waals surface area contributed by atoms with Gasteiger partial charge in [0.05, 0.1) is 5.92 Å². The van der Waals surface area contributed by atoms with Crippen LogP contribution in [0.4, 0.5) is 5.69 Å². The highest BCUT2D eigenvalue weighted by Gasteiger charge is 2.22. The molecule has 1 amide bonds. The van der Waals surface area contributed by atoms with E-state index >= 15 is 0 Å². The summed E-state index contributed by atoms with van der Waals surface area (Å²) < 4.78 is 5.65. The third-order valence-electron chi connectivity index (χ3n) is 3.62. The number of nitrogens with zero attached hydrogens (tertiary/aromatic N) is 1. The van der Waals surface area contributed by atoms with Gasteiger partial charge in [-0.3, -0.25) is 4.79 Å².